The highest BCUT2D eigenvalue weighted by atomic mass is 16.2. The van der Waals surface area contributed by atoms with Crippen LogP contribution in [-0.2, 0) is 6.42 Å². The van der Waals surface area contributed by atoms with E-state index >= 15 is 0 Å². The quantitative estimate of drug-likeness (QED) is 0.857. The summed E-state index contributed by atoms with van der Waals surface area (Å²) in [6.45, 7) is 2.84. The number of hydrogen-bond acceptors (Lipinski definition) is 4. The molecule has 5 heteroatoms. The maximum atomic E-state index is 12.6. The van der Waals surface area contributed by atoms with Gasteiger partial charge in [0.2, 0.25) is 0 Å². The van der Waals surface area contributed by atoms with Crippen molar-refractivity contribution in [1.82, 2.24) is 9.97 Å². The largest absolute Gasteiger partial charge is 0.382 e. The molecule has 3 rings (SSSR count). The van der Waals surface area contributed by atoms with E-state index in [4.69, 9.17) is 5.73 Å². The highest BCUT2D eigenvalue weighted by Crippen LogP contribution is 2.30. The van der Waals surface area contributed by atoms with Crippen molar-refractivity contribution in [3.8, 4) is 0 Å². The Balaban J connectivity index is 1.97. The van der Waals surface area contributed by atoms with Crippen LogP contribution in [-0.4, -0.2) is 22.4 Å². The van der Waals surface area contributed by atoms with Gasteiger partial charge >= 0.3 is 0 Å². The van der Waals surface area contributed by atoms with Gasteiger partial charge in [-0.05, 0) is 24.0 Å². The molecule has 1 atom stereocenters. The van der Waals surface area contributed by atoms with E-state index in [9.17, 15) is 4.79 Å². The number of benzene rings is 1. The standard InChI is InChI=1S/C15H16N4O/c1-10-6-11-4-2-3-5-13(11)19(9-10)15(20)12-7-18-14(16)8-17-12/h2-5,7-8,10H,6,9H2,1H3,(H2,16,18). The van der Waals surface area contributed by atoms with Crippen LogP contribution in [0.5, 0.6) is 0 Å². The summed E-state index contributed by atoms with van der Waals surface area (Å²) in [5.74, 6) is 0.612. The first-order valence-corrected chi connectivity index (χ1v) is 6.62. The van der Waals surface area contributed by atoms with E-state index in [0.717, 1.165) is 12.1 Å². The molecule has 1 aliphatic rings. The second kappa shape index (κ2) is 4.92. The first kappa shape index (κ1) is 12.6. The average Bonchev–Trinajstić information content (AvgIpc) is 2.46. The van der Waals surface area contributed by atoms with Crippen LogP contribution in [0.4, 0.5) is 11.5 Å². The lowest BCUT2D eigenvalue weighted by molar-refractivity contribution is 0.0976. The molecule has 2 N–H and O–H groups in total. The fourth-order valence-corrected chi connectivity index (χ4v) is 2.58. The Morgan fingerprint density at radius 3 is 2.85 bits per heavy atom. The topological polar surface area (TPSA) is 72.1 Å². The van der Waals surface area contributed by atoms with Gasteiger partial charge in [-0.25, -0.2) is 9.97 Å². The fourth-order valence-electron chi connectivity index (χ4n) is 2.58. The third-order valence-corrected chi connectivity index (χ3v) is 3.48. The SMILES string of the molecule is CC1Cc2ccccc2N(C(=O)c2cnc(N)cn2)C1. The van der Waals surface area contributed by atoms with E-state index in [0.29, 0.717) is 24.0 Å². The first-order chi connectivity index (χ1) is 9.65. The summed E-state index contributed by atoms with van der Waals surface area (Å²) >= 11 is 0. The normalized spacial score (nSPS) is 17.6. The second-order valence-electron chi connectivity index (χ2n) is 5.18. The van der Waals surface area contributed by atoms with Crippen LogP contribution in [0.1, 0.15) is 23.0 Å². The van der Waals surface area contributed by atoms with Gasteiger partial charge in [0.05, 0.1) is 12.4 Å². The molecule has 2 heterocycles. The first-order valence-electron chi connectivity index (χ1n) is 6.62. The molecule has 0 bridgehead atoms. The summed E-state index contributed by atoms with van der Waals surface area (Å²) in [6, 6.07) is 8.00. The Kier molecular flexibility index (Phi) is 3.10. The summed E-state index contributed by atoms with van der Waals surface area (Å²) in [6.07, 6.45) is 3.83. The van der Waals surface area contributed by atoms with Crippen molar-refractivity contribution in [1.29, 1.82) is 0 Å². The van der Waals surface area contributed by atoms with Crippen LogP contribution in [0.25, 0.3) is 0 Å². The molecule has 1 aromatic heterocycles. The van der Waals surface area contributed by atoms with E-state index in [1.807, 2.05) is 18.2 Å². The van der Waals surface area contributed by atoms with Crippen molar-refractivity contribution in [2.75, 3.05) is 17.2 Å². The van der Waals surface area contributed by atoms with E-state index < -0.39 is 0 Å². The van der Waals surface area contributed by atoms with Crippen LogP contribution in [0, 0.1) is 5.92 Å². The van der Waals surface area contributed by atoms with Crippen LogP contribution in [0.3, 0.4) is 0 Å². The minimum atomic E-state index is -0.128. The number of nitrogens with two attached hydrogens (primary N) is 1. The van der Waals surface area contributed by atoms with Gasteiger partial charge in [-0.15, -0.1) is 0 Å². The minimum absolute atomic E-state index is 0.128. The number of rotatable bonds is 1. The van der Waals surface area contributed by atoms with Gasteiger partial charge in [-0.2, -0.15) is 0 Å². The molecule has 20 heavy (non-hydrogen) atoms. The lowest BCUT2D eigenvalue weighted by Gasteiger charge is -2.32. The summed E-state index contributed by atoms with van der Waals surface area (Å²) in [4.78, 5) is 22.4. The Hall–Kier alpha value is -2.43. The zero-order chi connectivity index (χ0) is 14.1. The van der Waals surface area contributed by atoms with Crippen molar-refractivity contribution in [3.05, 3.63) is 47.9 Å². The molecule has 0 fully saturated rings. The predicted octanol–water partition coefficient (Wildman–Crippen LogP) is 1.90. The molecule has 5 nitrogen and oxygen atoms in total. The van der Waals surface area contributed by atoms with Crippen LogP contribution in [0.2, 0.25) is 0 Å². The van der Waals surface area contributed by atoms with Crippen LogP contribution < -0.4 is 10.6 Å². The summed E-state index contributed by atoms with van der Waals surface area (Å²) in [5, 5.41) is 0. The summed E-state index contributed by atoms with van der Waals surface area (Å²) in [7, 11) is 0. The lowest BCUT2D eigenvalue weighted by Crippen LogP contribution is -2.39. The Labute approximate surface area is 117 Å². The Morgan fingerprint density at radius 2 is 2.10 bits per heavy atom. The van der Waals surface area contributed by atoms with Crippen molar-refractivity contribution in [3.63, 3.8) is 0 Å². The third-order valence-electron chi connectivity index (χ3n) is 3.48. The monoisotopic (exact) mass is 268 g/mol. The average molecular weight is 268 g/mol. The van der Waals surface area contributed by atoms with Gasteiger partial charge in [-0.3, -0.25) is 4.79 Å². The Morgan fingerprint density at radius 1 is 1.30 bits per heavy atom. The van der Waals surface area contributed by atoms with Gasteiger partial charge in [0.15, 0.2) is 0 Å². The molecule has 1 amide bonds. The lowest BCUT2D eigenvalue weighted by atomic mass is 9.94. The number of para-hydroxylation sites is 1. The summed E-state index contributed by atoms with van der Waals surface area (Å²) in [5.41, 5.74) is 7.99. The number of hydrogen-bond donors (Lipinski definition) is 1. The fraction of sp³-hybridized carbons (Fsp3) is 0.267. The zero-order valence-electron chi connectivity index (χ0n) is 11.3. The highest BCUT2D eigenvalue weighted by Gasteiger charge is 2.27. The molecule has 0 aliphatic carbocycles. The number of amides is 1. The van der Waals surface area contributed by atoms with Crippen molar-refractivity contribution >= 4 is 17.4 Å². The molecule has 0 radical (unpaired) electrons. The molecular weight excluding hydrogens is 252 g/mol. The van der Waals surface area contributed by atoms with Gasteiger partial charge in [0.25, 0.3) is 5.91 Å². The number of carbonyl (C=O) groups is 1. The molecular formula is C15H16N4O. The number of aromatic nitrogens is 2. The van der Waals surface area contributed by atoms with E-state index in [1.165, 1.54) is 18.0 Å². The maximum Gasteiger partial charge on any atom is 0.278 e. The maximum absolute atomic E-state index is 12.6. The number of nitrogen functional groups attached to an aromatic ring is 1. The van der Waals surface area contributed by atoms with Gasteiger partial charge < -0.3 is 10.6 Å². The molecule has 102 valence electrons. The number of fused-ring (bicyclic) bond motifs is 1. The van der Waals surface area contributed by atoms with Crippen LogP contribution >= 0.6 is 0 Å². The Bertz CT molecular complexity index is 639. The van der Waals surface area contributed by atoms with Gasteiger partial charge in [-0.1, -0.05) is 25.1 Å². The van der Waals surface area contributed by atoms with E-state index in [2.05, 4.69) is 23.0 Å². The van der Waals surface area contributed by atoms with Crippen LogP contribution in [0.15, 0.2) is 36.7 Å². The zero-order valence-corrected chi connectivity index (χ0v) is 11.3. The third kappa shape index (κ3) is 2.22. The van der Waals surface area contributed by atoms with Gasteiger partial charge in [0.1, 0.15) is 11.5 Å². The summed E-state index contributed by atoms with van der Waals surface area (Å²) < 4.78 is 0. The number of nitrogens with zero attached hydrogens (tertiary/aromatic N) is 3. The molecule has 0 saturated carbocycles. The number of carbonyl (C=O) groups excluding carboxylic acids is 1. The second-order valence-corrected chi connectivity index (χ2v) is 5.18. The molecule has 2 aromatic rings. The van der Waals surface area contributed by atoms with Crippen molar-refractivity contribution < 1.29 is 4.79 Å². The smallest absolute Gasteiger partial charge is 0.278 e. The van der Waals surface area contributed by atoms with Gasteiger partial charge in [0, 0.05) is 12.2 Å². The van der Waals surface area contributed by atoms with Crippen molar-refractivity contribution in [2.45, 2.75) is 13.3 Å². The predicted molar refractivity (Wildman–Crippen MR) is 77.4 cm³/mol. The number of anilines is 2. The molecule has 0 saturated heterocycles. The van der Waals surface area contributed by atoms with Crippen molar-refractivity contribution in [2.24, 2.45) is 5.92 Å². The molecule has 1 aromatic carbocycles. The van der Waals surface area contributed by atoms with E-state index in [-0.39, 0.29) is 5.91 Å². The molecule has 1 aliphatic heterocycles. The van der Waals surface area contributed by atoms with E-state index in [1.54, 1.807) is 4.90 Å². The highest BCUT2D eigenvalue weighted by molar-refractivity contribution is 6.05. The minimum Gasteiger partial charge on any atom is -0.382 e. The molecule has 1 unspecified atom stereocenters. The molecule has 0 spiro atoms.